The van der Waals surface area contributed by atoms with E-state index in [1.54, 1.807) is 13.8 Å². The molecule has 0 atom stereocenters. The average Bonchev–Trinajstić information content (AvgIpc) is 2.13. The maximum Gasteiger partial charge on any atom is 0.343 e. The summed E-state index contributed by atoms with van der Waals surface area (Å²) in [5.41, 5.74) is 4.49. The summed E-state index contributed by atoms with van der Waals surface area (Å²) in [5.74, 6) is -3.72. The molecular weight excluding hydrogens is 240 g/mol. The topological polar surface area (TPSA) is 52.3 Å². The predicted octanol–water partition coefficient (Wildman–Crippen LogP) is 2.77. The zero-order chi connectivity index (χ0) is 12.5. The summed E-state index contributed by atoms with van der Waals surface area (Å²) in [6, 6.07) is 0.969. The number of anilines is 1. The second kappa shape index (κ2) is 4.65. The van der Waals surface area contributed by atoms with Gasteiger partial charge in [0.05, 0.1) is 16.8 Å². The number of hydrogen-bond acceptors (Lipinski definition) is 3. The van der Waals surface area contributed by atoms with Gasteiger partial charge in [0.15, 0.2) is 11.6 Å². The van der Waals surface area contributed by atoms with Gasteiger partial charge in [0.25, 0.3) is 0 Å². The lowest BCUT2D eigenvalue weighted by atomic mass is 10.1. The van der Waals surface area contributed by atoms with Crippen molar-refractivity contribution in [2.24, 2.45) is 0 Å². The normalized spacial score (nSPS) is 10.6. The highest BCUT2D eigenvalue weighted by atomic mass is 35.5. The fourth-order valence-corrected chi connectivity index (χ4v) is 1.29. The summed E-state index contributed by atoms with van der Waals surface area (Å²) in [6.07, 6.45) is -0.454. The molecule has 1 aromatic rings. The van der Waals surface area contributed by atoms with Gasteiger partial charge in [-0.1, -0.05) is 11.6 Å². The van der Waals surface area contributed by atoms with Gasteiger partial charge in [-0.05, 0) is 19.9 Å². The van der Waals surface area contributed by atoms with Crippen molar-refractivity contribution < 1.29 is 18.3 Å². The standard InChI is InChI=1S/C10H10ClF2NO2/c1-4(2)16-10(15)7-6(14)3-5(11)8(12)9(7)13/h3-4H,14H2,1-2H3. The Kier molecular flexibility index (Phi) is 3.70. The van der Waals surface area contributed by atoms with Crippen LogP contribution < -0.4 is 5.73 Å². The van der Waals surface area contributed by atoms with E-state index >= 15 is 0 Å². The molecule has 1 aromatic carbocycles. The van der Waals surface area contributed by atoms with Gasteiger partial charge in [0.1, 0.15) is 5.56 Å². The number of ether oxygens (including phenoxy) is 1. The molecule has 0 aliphatic rings. The highest BCUT2D eigenvalue weighted by molar-refractivity contribution is 6.31. The van der Waals surface area contributed by atoms with Crippen LogP contribution in [-0.4, -0.2) is 12.1 Å². The van der Waals surface area contributed by atoms with Crippen molar-refractivity contribution in [3.05, 3.63) is 28.3 Å². The maximum atomic E-state index is 13.4. The van der Waals surface area contributed by atoms with Crippen molar-refractivity contribution in [2.75, 3.05) is 5.73 Å². The van der Waals surface area contributed by atoms with Crippen LogP contribution in [0.25, 0.3) is 0 Å². The van der Waals surface area contributed by atoms with Crippen LogP contribution in [-0.2, 0) is 4.74 Å². The van der Waals surface area contributed by atoms with Gasteiger partial charge in [-0.2, -0.15) is 0 Å². The Hall–Kier alpha value is -1.36. The second-order valence-electron chi connectivity index (χ2n) is 3.40. The van der Waals surface area contributed by atoms with E-state index in [0.29, 0.717) is 0 Å². The molecule has 0 spiro atoms. The number of benzene rings is 1. The van der Waals surface area contributed by atoms with Crippen molar-refractivity contribution in [3.63, 3.8) is 0 Å². The van der Waals surface area contributed by atoms with Crippen LogP contribution in [0.4, 0.5) is 14.5 Å². The number of carbonyl (C=O) groups excluding carboxylic acids is 1. The lowest BCUT2D eigenvalue weighted by molar-refractivity contribution is 0.0373. The van der Waals surface area contributed by atoms with Crippen molar-refractivity contribution in [2.45, 2.75) is 20.0 Å². The zero-order valence-electron chi connectivity index (χ0n) is 8.68. The molecule has 0 amide bonds. The first-order chi connectivity index (χ1) is 7.34. The Bertz CT molecular complexity index is 435. The number of esters is 1. The van der Waals surface area contributed by atoms with Gasteiger partial charge < -0.3 is 10.5 Å². The van der Waals surface area contributed by atoms with E-state index in [0.717, 1.165) is 6.07 Å². The first-order valence-electron chi connectivity index (χ1n) is 4.48. The molecule has 0 aromatic heterocycles. The SMILES string of the molecule is CC(C)OC(=O)c1c(N)cc(Cl)c(F)c1F. The largest absolute Gasteiger partial charge is 0.459 e. The van der Waals surface area contributed by atoms with E-state index in [1.807, 2.05) is 0 Å². The first-order valence-corrected chi connectivity index (χ1v) is 4.86. The number of hydrogen-bond donors (Lipinski definition) is 1. The fraction of sp³-hybridized carbons (Fsp3) is 0.300. The van der Waals surface area contributed by atoms with Crippen LogP contribution in [0.1, 0.15) is 24.2 Å². The highest BCUT2D eigenvalue weighted by Crippen LogP contribution is 2.27. The second-order valence-corrected chi connectivity index (χ2v) is 3.81. The molecule has 16 heavy (non-hydrogen) atoms. The molecule has 0 unspecified atom stereocenters. The summed E-state index contributed by atoms with van der Waals surface area (Å²) < 4.78 is 31.2. The van der Waals surface area contributed by atoms with E-state index in [4.69, 9.17) is 22.1 Å². The minimum Gasteiger partial charge on any atom is -0.459 e. The molecule has 0 bridgehead atoms. The Balaban J connectivity index is 3.24. The zero-order valence-corrected chi connectivity index (χ0v) is 9.44. The van der Waals surface area contributed by atoms with E-state index in [2.05, 4.69) is 0 Å². The summed E-state index contributed by atoms with van der Waals surface area (Å²) >= 11 is 5.35. The van der Waals surface area contributed by atoms with Gasteiger partial charge in [0, 0.05) is 0 Å². The maximum absolute atomic E-state index is 13.4. The average molecular weight is 250 g/mol. The summed E-state index contributed by atoms with van der Waals surface area (Å²) in [6.45, 7) is 3.16. The number of nitrogen functional groups attached to an aromatic ring is 1. The van der Waals surface area contributed by atoms with Gasteiger partial charge in [-0.3, -0.25) is 0 Å². The third-order valence-electron chi connectivity index (χ3n) is 1.74. The summed E-state index contributed by atoms with van der Waals surface area (Å²) in [7, 11) is 0. The van der Waals surface area contributed by atoms with Crippen LogP contribution in [0.15, 0.2) is 6.07 Å². The van der Waals surface area contributed by atoms with Crippen LogP contribution in [0.5, 0.6) is 0 Å². The van der Waals surface area contributed by atoms with E-state index < -0.39 is 34.3 Å². The van der Waals surface area contributed by atoms with Crippen LogP contribution in [0, 0.1) is 11.6 Å². The minimum atomic E-state index is -1.39. The molecule has 0 aliphatic heterocycles. The van der Waals surface area contributed by atoms with E-state index in [1.165, 1.54) is 0 Å². The Labute approximate surface area is 96.1 Å². The number of carbonyl (C=O) groups is 1. The number of nitrogens with two attached hydrogens (primary N) is 1. The molecule has 0 heterocycles. The van der Waals surface area contributed by atoms with Crippen molar-refractivity contribution in [1.29, 1.82) is 0 Å². The monoisotopic (exact) mass is 249 g/mol. The van der Waals surface area contributed by atoms with Crippen molar-refractivity contribution >= 4 is 23.3 Å². The number of halogens is 3. The highest BCUT2D eigenvalue weighted by Gasteiger charge is 2.23. The molecule has 0 saturated heterocycles. The molecule has 0 fully saturated rings. The molecule has 2 N–H and O–H groups in total. The molecule has 88 valence electrons. The summed E-state index contributed by atoms with van der Waals surface area (Å²) in [4.78, 5) is 11.4. The van der Waals surface area contributed by atoms with Gasteiger partial charge >= 0.3 is 5.97 Å². The fourth-order valence-electron chi connectivity index (χ4n) is 1.09. The van der Waals surface area contributed by atoms with Gasteiger partial charge in [-0.15, -0.1) is 0 Å². The van der Waals surface area contributed by atoms with Crippen molar-refractivity contribution in [1.82, 2.24) is 0 Å². The quantitative estimate of drug-likeness (QED) is 0.498. The molecule has 0 radical (unpaired) electrons. The minimum absolute atomic E-state index is 0.255. The molecule has 0 aliphatic carbocycles. The van der Waals surface area contributed by atoms with E-state index in [9.17, 15) is 13.6 Å². The van der Waals surface area contributed by atoms with Crippen LogP contribution >= 0.6 is 11.6 Å². The van der Waals surface area contributed by atoms with Gasteiger partial charge in [-0.25, -0.2) is 13.6 Å². The third kappa shape index (κ3) is 2.41. The lowest BCUT2D eigenvalue weighted by Gasteiger charge is -2.11. The van der Waals surface area contributed by atoms with Crippen molar-refractivity contribution in [3.8, 4) is 0 Å². The van der Waals surface area contributed by atoms with Crippen LogP contribution in [0.3, 0.4) is 0 Å². The smallest absolute Gasteiger partial charge is 0.343 e. The molecule has 1 rings (SSSR count). The summed E-state index contributed by atoms with van der Waals surface area (Å²) in [5, 5.41) is -0.476. The molecular formula is C10H10ClF2NO2. The van der Waals surface area contributed by atoms with Crippen LogP contribution in [0.2, 0.25) is 5.02 Å². The Morgan fingerprint density at radius 3 is 2.50 bits per heavy atom. The molecule has 3 nitrogen and oxygen atoms in total. The van der Waals surface area contributed by atoms with Gasteiger partial charge in [0.2, 0.25) is 0 Å². The molecule has 6 heteroatoms. The van der Waals surface area contributed by atoms with E-state index in [-0.39, 0.29) is 5.69 Å². The Morgan fingerprint density at radius 1 is 1.44 bits per heavy atom. The predicted molar refractivity (Wildman–Crippen MR) is 56.3 cm³/mol. The molecule has 0 saturated carbocycles. The third-order valence-corrected chi connectivity index (χ3v) is 2.01. The first kappa shape index (κ1) is 12.7. The number of rotatable bonds is 2. The Morgan fingerprint density at radius 2 is 2.00 bits per heavy atom. The lowest BCUT2D eigenvalue weighted by Crippen LogP contribution is -2.16.